The molecule has 6 nitrogen and oxygen atoms in total. The Hall–Kier alpha value is -0.570. The van der Waals surface area contributed by atoms with E-state index < -0.39 is 5.60 Å². The highest BCUT2D eigenvalue weighted by Gasteiger charge is 2.56. The maximum Gasteiger partial charge on any atom is 0.325 e. The van der Waals surface area contributed by atoms with Crippen molar-refractivity contribution in [2.24, 2.45) is 10.4 Å². The van der Waals surface area contributed by atoms with E-state index in [0.29, 0.717) is 18.1 Å². The highest BCUT2D eigenvalue weighted by Crippen LogP contribution is 2.54. The van der Waals surface area contributed by atoms with Gasteiger partial charge in [-0.05, 0) is 47.0 Å². The fourth-order valence-corrected chi connectivity index (χ4v) is 3.98. The lowest BCUT2D eigenvalue weighted by Crippen LogP contribution is -2.65. The zero-order valence-electron chi connectivity index (χ0n) is 16.2. The number of esters is 1. The summed E-state index contributed by atoms with van der Waals surface area (Å²) in [6, 6.07) is 0.362. The summed E-state index contributed by atoms with van der Waals surface area (Å²) in [5, 5.41) is 6.56. The van der Waals surface area contributed by atoms with Gasteiger partial charge in [0.1, 0.15) is 12.1 Å². The number of nitrogens with zero attached hydrogens (tertiary/aromatic N) is 1. The lowest BCUT2D eigenvalue weighted by atomic mass is 9.60. The van der Waals surface area contributed by atoms with E-state index >= 15 is 0 Å². The van der Waals surface area contributed by atoms with Crippen LogP contribution in [0.15, 0.2) is 4.99 Å². The molecule has 2 aliphatic rings. The largest absolute Gasteiger partial charge is 0.459 e. The summed E-state index contributed by atoms with van der Waals surface area (Å²) >= 11 is 0. The second-order valence-electron chi connectivity index (χ2n) is 7.83. The van der Waals surface area contributed by atoms with Crippen LogP contribution in [0.4, 0.5) is 0 Å². The van der Waals surface area contributed by atoms with Crippen LogP contribution in [0.25, 0.3) is 0 Å². The van der Waals surface area contributed by atoms with Crippen LogP contribution in [0.3, 0.4) is 0 Å². The first-order chi connectivity index (χ1) is 11.3. The first kappa shape index (κ1) is 22.5. The summed E-state index contributed by atoms with van der Waals surface area (Å²) in [6.45, 7) is 8.54. The van der Waals surface area contributed by atoms with Gasteiger partial charge in [0, 0.05) is 25.1 Å². The fourth-order valence-electron chi connectivity index (χ4n) is 3.98. The molecule has 2 saturated carbocycles. The Bertz CT molecular complexity index is 471. The zero-order valence-corrected chi connectivity index (χ0v) is 18.5. The average molecular weight is 467 g/mol. The van der Waals surface area contributed by atoms with Gasteiger partial charge in [-0.25, -0.2) is 0 Å². The molecule has 0 aromatic rings. The quantitative estimate of drug-likeness (QED) is 0.282. The van der Waals surface area contributed by atoms with Crippen LogP contribution in [0, 0.1) is 5.41 Å². The summed E-state index contributed by atoms with van der Waals surface area (Å²) in [5.74, 6) is 0.383. The number of rotatable bonds is 5. The molecule has 0 aromatic carbocycles. The third kappa shape index (κ3) is 5.70. The van der Waals surface area contributed by atoms with E-state index in [4.69, 9.17) is 9.47 Å². The maximum atomic E-state index is 11.8. The molecule has 7 heteroatoms. The van der Waals surface area contributed by atoms with Crippen LogP contribution >= 0.6 is 24.0 Å². The topological polar surface area (TPSA) is 72.0 Å². The smallest absolute Gasteiger partial charge is 0.325 e. The zero-order chi connectivity index (χ0) is 17.8. The van der Waals surface area contributed by atoms with Crippen LogP contribution in [0.5, 0.6) is 0 Å². The van der Waals surface area contributed by atoms with Crippen molar-refractivity contribution >= 4 is 35.9 Å². The number of carbonyl (C=O) groups is 1. The highest BCUT2D eigenvalue weighted by molar-refractivity contribution is 14.0. The van der Waals surface area contributed by atoms with Crippen LogP contribution in [0.1, 0.15) is 59.8 Å². The van der Waals surface area contributed by atoms with Gasteiger partial charge in [0.2, 0.25) is 0 Å². The number of nitrogens with one attached hydrogen (secondary N) is 2. The molecule has 0 amide bonds. The lowest BCUT2D eigenvalue weighted by Gasteiger charge is -2.54. The van der Waals surface area contributed by atoms with Crippen molar-refractivity contribution in [1.82, 2.24) is 10.6 Å². The van der Waals surface area contributed by atoms with Gasteiger partial charge in [-0.2, -0.15) is 0 Å². The Balaban J connectivity index is 0.00000312. The van der Waals surface area contributed by atoms with Gasteiger partial charge in [-0.1, -0.05) is 12.8 Å². The second kappa shape index (κ2) is 9.39. The van der Waals surface area contributed by atoms with E-state index in [1.165, 1.54) is 25.7 Å². The van der Waals surface area contributed by atoms with E-state index in [0.717, 1.165) is 13.0 Å². The number of halogens is 1. The predicted molar refractivity (Wildman–Crippen MR) is 110 cm³/mol. The minimum atomic E-state index is -0.470. The highest BCUT2D eigenvalue weighted by atomic mass is 127. The molecule has 0 bridgehead atoms. The molecule has 0 heterocycles. The summed E-state index contributed by atoms with van der Waals surface area (Å²) in [7, 11) is 1.73. The molecular formula is C18H34IN3O3. The SMILES string of the molecule is CCOC1CC(NC(=NC)NCC(=O)OC(C)(C)C)C12CCCC2.I. The minimum absolute atomic E-state index is 0. The fraction of sp³-hybridized carbons (Fsp3) is 0.889. The third-order valence-corrected chi connectivity index (χ3v) is 5.04. The Labute approximate surface area is 168 Å². The molecule has 0 radical (unpaired) electrons. The molecule has 1 spiro atoms. The molecule has 2 N–H and O–H groups in total. The van der Waals surface area contributed by atoms with Crippen molar-refractivity contribution in [2.75, 3.05) is 20.2 Å². The summed E-state index contributed by atoms with van der Waals surface area (Å²) in [5.41, 5.74) is -0.234. The molecule has 0 aromatic heterocycles. The van der Waals surface area contributed by atoms with Crippen LogP contribution < -0.4 is 10.6 Å². The average Bonchev–Trinajstić information content (AvgIpc) is 3.00. The second-order valence-corrected chi connectivity index (χ2v) is 7.83. The molecule has 2 aliphatic carbocycles. The molecule has 2 fully saturated rings. The number of hydrogen-bond acceptors (Lipinski definition) is 4. The van der Waals surface area contributed by atoms with Crippen molar-refractivity contribution < 1.29 is 14.3 Å². The van der Waals surface area contributed by atoms with E-state index in [9.17, 15) is 4.79 Å². The number of carbonyl (C=O) groups excluding carboxylic acids is 1. The standard InChI is InChI=1S/C18H33N3O3.HI/c1-6-23-14-11-13(18(14)9-7-8-10-18)21-16(19-5)20-12-15(22)24-17(2,3)4;/h13-14H,6-12H2,1-5H3,(H2,19,20,21);1H. The first-order valence-electron chi connectivity index (χ1n) is 9.11. The molecule has 25 heavy (non-hydrogen) atoms. The normalized spacial score (nSPS) is 25.1. The minimum Gasteiger partial charge on any atom is -0.459 e. The van der Waals surface area contributed by atoms with E-state index in [1.807, 2.05) is 20.8 Å². The molecule has 2 atom stereocenters. The van der Waals surface area contributed by atoms with Crippen LogP contribution in [0.2, 0.25) is 0 Å². The lowest BCUT2D eigenvalue weighted by molar-refractivity contribution is -0.153. The summed E-state index contributed by atoms with van der Waals surface area (Å²) in [4.78, 5) is 16.1. The molecular weight excluding hydrogens is 433 g/mol. The number of hydrogen-bond donors (Lipinski definition) is 2. The van der Waals surface area contributed by atoms with Crippen LogP contribution in [-0.2, 0) is 14.3 Å². The van der Waals surface area contributed by atoms with Crippen molar-refractivity contribution in [2.45, 2.75) is 77.5 Å². The third-order valence-electron chi connectivity index (χ3n) is 5.04. The van der Waals surface area contributed by atoms with Crippen molar-refractivity contribution in [3.8, 4) is 0 Å². The number of ether oxygens (including phenoxy) is 2. The Morgan fingerprint density at radius 3 is 2.44 bits per heavy atom. The van der Waals surface area contributed by atoms with Crippen LogP contribution in [-0.4, -0.2) is 49.9 Å². The summed E-state index contributed by atoms with van der Waals surface area (Å²) in [6.07, 6.45) is 6.31. The Kier molecular flexibility index (Phi) is 8.44. The first-order valence-corrected chi connectivity index (χ1v) is 9.11. The van der Waals surface area contributed by atoms with Crippen molar-refractivity contribution in [3.05, 3.63) is 0 Å². The van der Waals surface area contributed by atoms with Gasteiger partial charge < -0.3 is 20.1 Å². The van der Waals surface area contributed by atoms with Gasteiger partial charge in [0.15, 0.2) is 5.96 Å². The van der Waals surface area contributed by atoms with E-state index in [-0.39, 0.29) is 41.9 Å². The molecule has 2 unspecified atom stereocenters. The van der Waals surface area contributed by atoms with Crippen molar-refractivity contribution in [1.29, 1.82) is 0 Å². The molecule has 2 rings (SSSR count). The predicted octanol–water partition coefficient (Wildman–Crippen LogP) is 2.85. The van der Waals surface area contributed by atoms with Crippen molar-refractivity contribution in [3.63, 3.8) is 0 Å². The maximum absolute atomic E-state index is 11.8. The van der Waals surface area contributed by atoms with Gasteiger partial charge in [-0.3, -0.25) is 9.79 Å². The van der Waals surface area contributed by atoms with Gasteiger partial charge in [-0.15, -0.1) is 24.0 Å². The monoisotopic (exact) mass is 467 g/mol. The van der Waals surface area contributed by atoms with Gasteiger partial charge in [0.25, 0.3) is 0 Å². The molecule has 0 aliphatic heterocycles. The summed E-state index contributed by atoms with van der Waals surface area (Å²) < 4.78 is 11.3. The van der Waals surface area contributed by atoms with E-state index in [2.05, 4.69) is 22.5 Å². The number of guanidine groups is 1. The van der Waals surface area contributed by atoms with Gasteiger partial charge in [0.05, 0.1) is 6.10 Å². The molecule has 146 valence electrons. The number of aliphatic imine (C=N–C) groups is 1. The Morgan fingerprint density at radius 1 is 1.28 bits per heavy atom. The Morgan fingerprint density at radius 2 is 1.92 bits per heavy atom. The van der Waals surface area contributed by atoms with Gasteiger partial charge >= 0.3 is 5.97 Å². The van der Waals surface area contributed by atoms with E-state index in [1.54, 1.807) is 7.05 Å². The molecule has 0 saturated heterocycles.